The van der Waals surface area contributed by atoms with Gasteiger partial charge < -0.3 is 18.9 Å². The van der Waals surface area contributed by atoms with E-state index in [-0.39, 0.29) is 43.2 Å². The molecule has 0 aliphatic carbocycles. The Hall–Kier alpha value is -7.44. The monoisotopic (exact) mass is 1110 g/mol. The summed E-state index contributed by atoms with van der Waals surface area (Å²) in [4.78, 5) is 12.0. The maximum absolute atomic E-state index is 14.3. The van der Waals surface area contributed by atoms with Crippen molar-refractivity contribution in [1.82, 2.24) is 14.5 Å². The molecule has 0 aliphatic rings. The van der Waals surface area contributed by atoms with E-state index in [0.29, 0.717) is 11.2 Å². The number of pyridine rings is 1. The van der Waals surface area contributed by atoms with E-state index in [1.807, 2.05) is 60.8 Å². The van der Waals surface area contributed by atoms with Crippen LogP contribution in [0, 0.1) is 17.9 Å². The molecule has 11 rings (SSSR count). The molecule has 0 N–H and O–H groups in total. The fourth-order valence-electron chi connectivity index (χ4n) is 9.24. The molecule has 3 aromatic heterocycles. The van der Waals surface area contributed by atoms with Crippen LogP contribution < -0.4 is 4.90 Å². The van der Waals surface area contributed by atoms with Crippen molar-refractivity contribution < 1.29 is 28.9 Å². The number of imidazole rings is 1. The quantitative estimate of drug-likeness (QED) is 0.135. The van der Waals surface area contributed by atoms with Crippen LogP contribution in [0.5, 0.6) is 0 Å². The Bertz CT molecular complexity index is 3510. The average Bonchev–Trinajstić information content (AvgIpc) is 3.95. The Morgan fingerprint density at radius 2 is 1.24 bits per heavy atom. The summed E-state index contributed by atoms with van der Waals surface area (Å²) in [5.41, 5.74) is 16.4. The van der Waals surface area contributed by atoms with E-state index >= 15 is 0 Å². The van der Waals surface area contributed by atoms with Crippen LogP contribution >= 0.6 is 0 Å². The summed E-state index contributed by atoms with van der Waals surface area (Å²) in [5, 5.41) is 1.77. The number of rotatable bonds is 9. The van der Waals surface area contributed by atoms with Gasteiger partial charge in [0.25, 0.3) is 0 Å². The van der Waals surface area contributed by atoms with E-state index in [2.05, 4.69) is 190 Å². The largest absolute Gasteiger partial charge is 0.500 e. The first-order valence-electron chi connectivity index (χ1n) is 24.1. The minimum Gasteiger partial charge on any atom is -0.500 e. The Morgan fingerprint density at radius 3 is 1.85 bits per heavy atom. The number of halogens is 1. The van der Waals surface area contributed by atoms with Gasteiger partial charge in [-0.15, -0.1) is 54.1 Å². The molecule has 71 heavy (non-hydrogen) atoms. The van der Waals surface area contributed by atoms with Crippen molar-refractivity contribution in [3.8, 4) is 39.5 Å². The molecule has 0 fully saturated rings. The molecular formula is C64H55FIrN4O-2. The molecule has 0 atom stereocenters. The van der Waals surface area contributed by atoms with Crippen LogP contribution in [0.3, 0.4) is 0 Å². The van der Waals surface area contributed by atoms with Gasteiger partial charge in [0.15, 0.2) is 0 Å². The fraction of sp³-hybridized carbons (Fsp3) is 0.156. The zero-order valence-corrected chi connectivity index (χ0v) is 43.4. The van der Waals surface area contributed by atoms with Gasteiger partial charge in [-0.1, -0.05) is 132 Å². The van der Waals surface area contributed by atoms with Crippen molar-refractivity contribution in [1.29, 1.82) is 0 Å². The molecule has 0 saturated carbocycles. The summed E-state index contributed by atoms with van der Waals surface area (Å²) in [5.74, 6) is 0.809. The van der Waals surface area contributed by atoms with E-state index in [0.717, 1.165) is 72.8 Å². The number of hydrogen-bond acceptors (Lipinski definition) is 4. The van der Waals surface area contributed by atoms with Crippen LogP contribution in [0.2, 0.25) is 0 Å². The second kappa shape index (κ2) is 20.5. The molecule has 0 aliphatic heterocycles. The SMILES string of the molecule is CC(C)(C)c1ccc(-c2[c-]cccc2)nc1.CC(C)c1cc(-c2ccc(N(c3ccccc3)c3ccccc3)cc2)cc(C(C)C)c1-n1c(-c2[c-]ccc3c2oc2cc(F)ccc23)nc2ccccc21.[Ir]. The summed E-state index contributed by atoms with van der Waals surface area (Å²) in [6.45, 7) is 15.6. The number of aromatic nitrogens is 3. The summed E-state index contributed by atoms with van der Waals surface area (Å²) in [6, 6.07) is 70.2. The second-order valence-electron chi connectivity index (χ2n) is 19.4. The number of hydrogen-bond donors (Lipinski definition) is 0. The molecule has 1 radical (unpaired) electrons. The van der Waals surface area contributed by atoms with Crippen molar-refractivity contribution in [2.45, 2.75) is 65.7 Å². The minimum absolute atomic E-state index is 0. The van der Waals surface area contributed by atoms with Gasteiger partial charge in [-0.05, 0) is 124 Å². The number of fused-ring (bicyclic) bond motifs is 4. The molecule has 0 bridgehead atoms. The summed E-state index contributed by atoms with van der Waals surface area (Å²) < 4.78 is 23.0. The third-order valence-electron chi connectivity index (χ3n) is 12.9. The number of para-hydroxylation sites is 4. The second-order valence-corrected chi connectivity index (χ2v) is 19.4. The van der Waals surface area contributed by atoms with Gasteiger partial charge in [-0.2, -0.15) is 0 Å². The standard InChI is InChI=1S/C49H39FN3O.C15H16N.Ir/c1-31(2)42-28-34(33-22-25-38(26-23-33)52(36-14-7-5-8-15-36)37-16-9-6-10-17-37)29-43(32(3)4)47(42)53-45-21-12-11-20-44(45)51-49(53)41-19-13-18-40-39-27-24-35(50)30-46(39)54-48(40)41;1-15(2,3)13-9-10-14(16-11-13)12-7-5-4-6-8-12;/h5-18,20-32H,1-4H3;4-7,9-11H,1-3H3;/q2*-1;. The van der Waals surface area contributed by atoms with Crippen LogP contribution in [0.15, 0.2) is 199 Å². The van der Waals surface area contributed by atoms with E-state index in [9.17, 15) is 4.39 Å². The van der Waals surface area contributed by atoms with Gasteiger partial charge in [0.1, 0.15) is 11.4 Å². The van der Waals surface area contributed by atoms with Gasteiger partial charge in [-0.25, -0.2) is 4.39 Å². The van der Waals surface area contributed by atoms with Gasteiger partial charge in [0.2, 0.25) is 0 Å². The van der Waals surface area contributed by atoms with Crippen LogP contribution in [0.1, 0.15) is 77.0 Å². The summed E-state index contributed by atoms with van der Waals surface area (Å²) in [6.07, 6.45) is 1.95. The topological polar surface area (TPSA) is 47.1 Å². The first-order chi connectivity index (χ1) is 33.9. The average molecular weight is 1110 g/mol. The zero-order chi connectivity index (χ0) is 48.5. The van der Waals surface area contributed by atoms with Gasteiger partial charge in [0, 0.05) is 60.5 Å². The minimum atomic E-state index is -0.332. The number of nitrogens with zero attached hydrogens (tertiary/aromatic N) is 4. The predicted molar refractivity (Wildman–Crippen MR) is 288 cm³/mol. The van der Waals surface area contributed by atoms with Crippen LogP contribution in [-0.4, -0.2) is 14.5 Å². The zero-order valence-electron chi connectivity index (χ0n) is 41.0. The first-order valence-corrected chi connectivity index (χ1v) is 24.1. The van der Waals surface area contributed by atoms with E-state index in [1.54, 1.807) is 6.07 Å². The van der Waals surface area contributed by atoms with E-state index < -0.39 is 0 Å². The predicted octanol–water partition coefficient (Wildman–Crippen LogP) is 17.8. The van der Waals surface area contributed by atoms with Crippen molar-refractivity contribution in [2.75, 3.05) is 4.90 Å². The molecule has 5 nitrogen and oxygen atoms in total. The van der Waals surface area contributed by atoms with Gasteiger partial charge in [0.05, 0.1) is 22.4 Å². The van der Waals surface area contributed by atoms with E-state index in [1.165, 1.54) is 34.4 Å². The fourth-order valence-corrected chi connectivity index (χ4v) is 9.24. The third kappa shape index (κ3) is 9.86. The Balaban J connectivity index is 0.000000313. The smallest absolute Gasteiger partial charge is 0.126 e. The molecule has 0 unspecified atom stereocenters. The van der Waals surface area contributed by atoms with Crippen molar-refractivity contribution in [2.24, 2.45) is 0 Å². The summed E-state index contributed by atoms with van der Waals surface area (Å²) in [7, 11) is 0. The number of anilines is 3. The number of benzene rings is 8. The Kier molecular flexibility index (Phi) is 14.0. The van der Waals surface area contributed by atoms with Gasteiger partial charge in [-0.3, -0.25) is 4.98 Å². The van der Waals surface area contributed by atoms with E-state index in [4.69, 9.17) is 9.40 Å². The maximum atomic E-state index is 14.3. The molecular weight excluding hydrogens is 1050 g/mol. The van der Waals surface area contributed by atoms with Crippen LogP contribution in [-0.2, 0) is 25.5 Å². The van der Waals surface area contributed by atoms with Crippen molar-refractivity contribution in [3.63, 3.8) is 0 Å². The molecule has 3 heterocycles. The van der Waals surface area contributed by atoms with Gasteiger partial charge >= 0.3 is 0 Å². The molecule has 0 amide bonds. The molecule has 8 aromatic carbocycles. The van der Waals surface area contributed by atoms with Crippen LogP contribution in [0.4, 0.5) is 21.5 Å². The van der Waals surface area contributed by atoms with Crippen molar-refractivity contribution >= 4 is 50.0 Å². The van der Waals surface area contributed by atoms with Crippen molar-refractivity contribution in [3.05, 3.63) is 229 Å². The molecule has 355 valence electrons. The molecule has 0 spiro atoms. The third-order valence-corrected chi connectivity index (χ3v) is 12.9. The maximum Gasteiger partial charge on any atom is 0.126 e. The molecule has 7 heteroatoms. The first kappa shape index (κ1) is 48.6. The number of furan rings is 1. The van der Waals surface area contributed by atoms with Crippen LogP contribution in [0.25, 0.3) is 72.4 Å². The molecule has 0 saturated heterocycles. The normalized spacial score (nSPS) is 11.5. The Morgan fingerprint density at radius 1 is 0.606 bits per heavy atom. The Labute approximate surface area is 430 Å². The molecule has 11 aromatic rings. The summed E-state index contributed by atoms with van der Waals surface area (Å²) >= 11 is 0.